The molecule has 8 nitrogen and oxygen atoms in total. The van der Waals surface area contributed by atoms with Gasteiger partial charge < -0.3 is 16.0 Å². The van der Waals surface area contributed by atoms with Crippen molar-refractivity contribution in [1.29, 1.82) is 0 Å². The summed E-state index contributed by atoms with van der Waals surface area (Å²) in [6, 6.07) is 10.2. The van der Waals surface area contributed by atoms with Crippen LogP contribution in [0, 0.1) is 6.92 Å². The zero-order chi connectivity index (χ0) is 26.0. The molecule has 0 atom stereocenters. The second kappa shape index (κ2) is 10.4. The summed E-state index contributed by atoms with van der Waals surface area (Å²) in [6.45, 7) is 10.6. The van der Waals surface area contributed by atoms with Crippen LogP contribution in [0.2, 0.25) is 0 Å². The Morgan fingerprint density at radius 1 is 1.03 bits per heavy atom. The molecule has 3 N–H and O–H groups in total. The summed E-state index contributed by atoms with van der Waals surface area (Å²) in [5, 5.41) is 10.7. The standard InChI is InChI=1S/C28H31N7OS/c1-17-9-19(5-6-20(17)13-31-26(36)23-15-32-27(37-23)28(2,3)4)22-11-25(34-16-33-22)35-24-10-18-7-8-29-12-21(18)14-30-24/h5-6,9-11,14-16,29H,7-8,12-13H2,1-4H3,(H,31,36)(H,30,33,34,35). The molecule has 4 aromatic rings. The molecule has 5 rings (SSSR count). The molecule has 0 spiro atoms. The van der Waals surface area contributed by atoms with Gasteiger partial charge in [-0.1, -0.05) is 32.9 Å². The van der Waals surface area contributed by atoms with Crippen LogP contribution in [0.5, 0.6) is 0 Å². The minimum Gasteiger partial charge on any atom is -0.347 e. The van der Waals surface area contributed by atoms with Gasteiger partial charge >= 0.3 is 0 Å². The zero-order valence-electron chi connectivity index (χ0n) is 21.6. The number of anilines is 2. The van der Waals surface area contributed by atoms with E-state index in [0.717, 1.165) is 52.7 Å². The maximum absolute atomic E-state index is 12.7. The van der Waals surface area contributed by atoms with Gasteiger partial charge in [-0.25, -0.2) is 19.9 Å². The van der Waals surface area contributed by atoms with Crippen molar-refractivity contribution in [2.75, 3.05) is 11.9 Å². The van der Waals surface area contributed by atoms with Gasteiger partial charge in [0.15, 0.2) is 0 Å². The van der Waals surface area contributed by atoms with E-state index >= 15 is 0 Å². The summed E-state index contributed by atoms with van der Waals surface area (Å²) in [7, 11) is 0. The van der Waals surface area contributed by atoms with Gasteiger partial charge in [0.2, 0.25) is 0 Å². The molecule has 9 heteroatoms. The van der Waals surface area contributed by atoms with Gasteiger partial charge in [0, 0.05) is 36.3 Å². The molecule has 1 aliphatic heterocycles. The second-order valence-corrected chi connectivity index (χ2v) is 11.3. The van der Waals surface area contributed by atoms with Crippen molar-refractivity contribution in [2.24, 2.45) is 0 Å². The molecular formula is C28H31N7OS. The Bertz CT molecular complexity index is 1440. The highest BCUT2D eigenvalue weighted by Gasteiger charge is 2.20. The van der Waals surface area contributed by atoms with E-state index in [9.17, 15) is 4.79 Å². The van der Waals surface area contributed by atoms with Gasteiger partial charge in [0.25, 0.3) is 5.91 Å². The fourth-order valence-corrected chi connectivity index (χ4v) is 5.08. The Labute approximate surface area is 221 Å². The Hall–Kier alpha value is -3.69. The second-order valence-electron chi connectivity index (χ2n) is 10.3. The first-order chi connectivity index (χ1) is 17.8. The first-order valence-corrected chi connectivity index (χ1v) is 13.2. The normalized spacial score (nSPS) is 13.2. The first-order valence-electron chi connectivity index (χ1n) is 12.4. The monoisotopic (exact) mass is 513 g/mol. The lowest BCUT2D eigenvalue weighted by molar-refractivity contribution is 0.0954. The average Bonchev–Trinajstić information content (AvgIpc) is 3.39. The van der Waals surface area contributed by atoms with Crippen LogP contribution in [0.1, 0.15) is 57.7 Å². The van der Waals surface area contributed by atoms with Crippen LogP contribution in [0.25, 0.3) is 11.3 Å². The summed E-state index contributed by atoms with van der Waals surface area (Å²) in [5.74, 6) is 1.37. The van der Waals surface area contributed by atoms with Crippen molar-refractivity contribution in [3.05, 3.63) is 81.2 Å². The molecule has 0 fully saturated rings. The lowest BCUT2D eigenvalue weighted by Gasteiger charge is -2.17. The number of hydrogen-bond acceptors (Lipinski definition) is 8. The predicted octanol–water partition coefficient (Wildman–Crippen LogP) is 4.92. The maximum atomic E-state index is 12.7. The summed E-state index contributed by atoms with van der Waals surface area (Å²) in [5.41, 5.74) is 6.43. The van der Waals surface area contributed by atoms with Crippen LogP contribution in [-0.2, 0) is 24.9 Å². The number of thiazole rings is 1. The number of fused-ring (bicyclic) bond motifs is 1. The summed E-state index contributed by atoms with van der Waals surface area (Å²) < 4.78 is 0. The highest BCUT2D eigenvalue weighted by Crippen LogP contribution is 2.27. The van der Waals surface area contributed by atoms with E-state index in [-0.39, 0.29) is 11.3 Å². The molecule has 0 saturated carbocycles. The van der Waals surface area contributed by atoms with E-state index in [0.29, 0.717) is 17.2 Å². The summed E-state index contributed by atoms with van der Waals surface area (Å²) in [6.07, 6.45) is 6.14. The Morgan fingerprint density at radius 3 is 2.65 bits per heavy atom. The third-order valence-electron chi connectivity index (χ3n) is 6.34. The molecule has 190 valence electrons. The number of carbonyl (C=O) groups is 1. The smallest absolute Gasteiger partial charge is 0.263 e. The van der Waals surface area contributed by atoms with Crippen LogP contribution >= 0.6 is 11.3 Å². The number of benzene rings is 1. The van der Waals surface area contributed by atoms with Gasteiger partial charge in [-0.15, -0.1) is 11.3 Å². The van der Waals surface area contributed by atoms with Gasteiger partial charge in [-0.3, -0.25) is 4.79 Å². The number of nitrogens with one attached hydrogen (secondary N) is 3. The van der Waals surface area contributed by atoms with Crippen molar-refractivity contribution >= 4 is 28.9 Å². The summed E-state index contributed by atoms with van der Waals surface area (Å²) in [4.78, 5) is 31.1. The van der Waals surface area contributed by atoms with Gasteiger partial charge in [0.1, 0.15) is 22.8 Å². The molecule has 0 unspecified atom stereocenters. The number of amides is 1. The quantitative estimate of drug-likeness (QED) is 0.336. The van der Waals surface area contributed by atoms with Crippen molar-refractivity contribution in [3.63, 3.8) is 0 Å². The van der Waals surface area contributed by atoms with Gasteiger partial charge in [-0.05, 0) is 54.3 Å². The molecule has 37 heavy (non-hydrogen) atoms. The van der Waals surface area contributed by atoms with Crippen molar-refractivity contribution in [1.82, 2.24) is 30.6 Å². The number of pyridine rings is 1. The molecule has 1 aromatic carbocycles. The minimum atomic E-state index is -0.102. The van der Waals surface area contributed by atoms with E-state index in [1.165, 1.54) is 22.5 Å². The molecule has 4 heterocycles. The fourth-order valence-electron chi connectivity index (χ4n) is 4.19. The number of aryl methyl sites for hydroxylation is 1. The highest BCUT2D eigenvalue weighted by molar-refractivity contribution is 7.13. The van der Waals surface area contributed by atoms with Crippen molar-refractivity contribution in [2.45, 2.75) is 52.6 Å². The number of carbonyl (C=O) groups excluding carboxylic acids is 1. The van der Waals surface area contributed by atoms with Gasteiger partial charge in [0.05, 0.1) is 16.9 Å². The molecule has 1 aliphatic rings. The SMILES string of the molecule is Cc1cc(-c2cc(Nc3cc4c(cn3)CNCC4)ncn2)ccc1CNC(=O)c1cnc(C(C)(C)C)s1. The molecule has 0 radical (unpaired) electrons. The van der Waals surface area contributed by atoms with E-state index in [1.54, 1.807) is 12.5 Å². The number of rotatable bonds is 6. The van der Waals surface area contributed by atoms with E-state index in [1.807, 2.05) is 31.3 Å². The molecule has 0 saturated heterocycles. The lowest BCUT2D eigenvalue weighted by Crippen LogP contribution is -2.23. The third-order valence-corrected chi connectivity index (χ3v) is 7.76. The predicted molar refractivity (Wildman–Crippen MR) is 147 cm³/mol. The zero-order valence-corrected chi connectivity index (χ0v) is 22.4. The minimum absolute atomic E-state index is 0.0687. The first kappa shape index (κ1) is 25.0. The van der Waals surface area contributed by atoms with Crippen LogP contribution in [0.3, 0.4) is 0 Å². The molecule has 1 amide bonds. The van der Waals surface area contributed by atoms with Crippen molar-refractivity contribution < 1.29 is 4.79 Å². The van der Waals surface area contributed by atoms with Crippen LogP contribution in [-0.4, -0.2) is 32.4 Å². The molecule has 3 aromatic heterocycles. The van der Waals surface area contributed by atoms with Gasteiger partial charge in [-0.2, -0.15) is 0 Å². The molecule has 0 bridgehead atoms. The number of hydrogen-bond donors (Lipinski definition) is 3. The van der Waals surface area contributed by atoms with E-state index in [4.69, 9.17) is 0 Å². The number of aromatic nitrogens is 4. The molecular weight excluding hydrogens is 482 g/mol. The van der Waals surface area contributed by atoms with Crippen LogP contribution in [0.4, 0.5) is 11.6 Å². The topological polar surface area (TPSA) is 105 Å². The Balaban J connectivity index is 1.25. The Morgan fingerprint density at radius 2 is 1.86 bits per heavy atom. The third kappa shape index (κ3) is 5.84. The maximum Gasteiger partial charge on any atom is 0.263 e. The molecule has 0 aliphatic carbocycles. The highest BCUT2D eigenvalue weighted by atomic mass is 32.1. The van der Waals surface area contributed by atoms with E-state index in [2.05, 4.69) is 68.8 Å². The van der Waals surface area contributed by atoms with E-state index < -0.39 is 0 Å². The average molecular weight is 514 g/mol. The van der Waals surface area contributed by atoms with Crippen LogP contribution < -0.4 is 16.0 Å². The van der Waals surface area contributed by atoms with Crippen molar-refractivity contribution in [3.8, 4) is 11.3 Å². The van der Waals surface area contributed by atoms with Crippen LogP contribution in [0.15, 0.2) is 49.1 Å². The largest absolute Gasteiger partial charge is 0.347 e. The number of nitrogens with zero attached hydrogens (tertiary/aromatic N) is 4. The fraction of sp³-hybridized carbons (Fsp3) is 0.321. The Kier molecular flexibility index (Phi) is 6.99. The lowest BCUT2D eigenvalue weighted by atomic mass is 9.98. The summed E-state index contributed by atoms with van der Waals surface area (Å²) >= 11 is 1.44.